The maximum Gasteiger partial charge on any atom is 0.251 e. The summed E-state index contributed by atoms with van der Waals surface area (Å²) in [6.45, 7) is 3.71. The van der Waals surface area contributed by atoms with Crippen LogP contribution in [-0.2, 0) is 16.0 Å². The Hall–Kier alpha value is -2.87. The third-order valence-corrected chi connectivity index (χ3v) is 5.23. The molecule has 33 heavy (non-hydrogen) atoms. The summed E-state index contributed by atoms with van der Waals surface area (Å²) in [5.74, 6) is 0.516. The number of rotatable bonds is 11. The van der Waals surface area contributed by atoms with Crippen LogP contribution < -0.4 is 10.6 Å². The molecule has 0 aliphatic rings. The summed E-state index contributed by atoms with van der Waals surface area (Å²) in [4.78, 5) is 28.9. The molecule has 0 aliphatic carbocycles. The van der Waals surface area contributed by atoms with E-state index in [0.717, 1.165) is 6.42 Å². The van der Waals surface area contributed by atoms with Gasteiger partial charge in [-0.2, -0.15) is 0 Å². The summed E-state index contributed by atoms with van der Waals surface area (Å²) < 4.78 is 11.0. The van der Waals surface area contributed by atoms with E-state index >= 15 is 0 Å². The summed E-state index contributed by atoms with van der Waals surface area (Å²) >= 11 is 12.1. The van der Waals surface area contributed by atoms with Crippen LogP contribution in [0.25, 0.3) is 11.3 Å². The Labute approximate surface area is 202 Å². The van der Waals surface area contributed by atoms with Gasteiger partial charge in [0.25, 0.3) is 5.91 Å². The van der Waals surface area contributed by atoms with Gasteiger partial charge in [0.2, 0.25) is 5.91 Å². The topological polar surface area (TPSA) is 93.5 Å². The lowest BCUT2D eigenvalue weighted by Gasteiger charge is -2.08. The Morgan fingerprint density at radius 1 is 1.15 bits per heavy atom. The molecule has 3 aromatic rings. The zero-order valence-electron chi connectivity index (χ0n) is 18.2. The number of benzene rings is 2. The summed E-state index contributed by atoms with van der Waals surface area (Å²) in [6.07, 6.45) is 2.79. The molecule has 1 heterocycles. The van der Waals surface area contributed by atoms with Gasteiger partial charge in [0.15, 0.2) is 11.7 Å². The largest absolute Gasteiger partial charge is 0.441 e. The highest BCUT2D eigenvalue weighted by molar-refractivity contribution is 6.36. The minimum atomic E-state index is -0.214. The van der Waals surface area contributed by atoms with Gasteiger partial charge in [-0.05, 0) is 49.7 Å². The lowest BCUT2D eigenvalue weighted by molar-refractivity contribution is -0.116. The molecular weight excluding hydrogens is 465 g/mol. The number of anilines is 1. The first-order chi connectivity index (χ1) is 16.0. The number of hydrogen-bond acceptors (Lipinski definition) is 5. The molecule has 7 nitrogen and oxygen atoms in total. The molecule has 2 N–H and O–H groups in total. The van der Waals surface area contributed by atoms with Crippen LogP contribution in [0.3, 0.4) is 0 Å². The van der Waals surface area contributed by atoms with Gasteiger partial charge in [0.05, 0.1) is 11.2 Å². The summed E-state index contributed by atoms with van der Waals surface area (Å²) in [6, 6.07) is 11.9. The predicted octanol–water partition coefficient (Wildman–Crippen LogP) is 5.38. The summed E-state index contributed by atoms with van der Waals surface area (Å²) in [7, 11) is 0. The number of carbonyl (C=O) groups is 2. The smallest absolute Gasteiger partial charge is 0.251 e. The van der Waals surface area contributed by atoms with Gasteiger partial charge in [-0.15, -0.1) is 0 Å². The average Bonchev–Trinajstić information content (AvgIpc) is 3.26. The van der Waals surface area contributed by atoms with E-state index < -0.39 is 0 Å². The molecule has 1 aromatic heterocycles. The number of aromatic nitrogens is 1. The van der Waals surface area contributed by atoms with Gasteiger partial charge < -0.3 is 19.8 Å². The first-order valence-corrected chi connectivity index (χ1v) is 11.4. The summed E-state index contributed by atoms with van der Waals surface area (Å²) in [5, 5.41) is 6.63. The van der Waals surface area contributed by atoms with E-state index in [-0.39, 0.29) is 18.2 Å². The van der Waals surface area contributed by atoms with Crippen LogP contribution >= 0.6 is 23.2 Å². The molecule has 0 saturated carbocycles. The van der Waals surface area contributed by atoms with Gasteiger partial charge in [-0.3, -0.25) is 9.59 Å². The maximum atomic E-state index is 12.4. The molecule has 0 atom stereocenters. The third kappa shape index (κ3) is 7.60. The molecule has 0 radical (unpaired) electrons. The van der Waals surface area contributed by atoms with Crippen LogP contribution in [0.2, 0.25) is 10.0 Å². The first-order valence-electron chi connectivity index (χ1n) is 10.6. The van der Waals surface area contributed by atoms with Crippen molar-refractivity contribution in [3.8, 4) is 11.3 Å². The van der Waals surface area contributed by atoms with Crippen molar-refractivity contribution in [1.82, 2.24) is 10.3 Å². The molecule has 9 heteroatoms. The van der Waals surface area contributed by atoms with Gasteiger partial charge >= 0.3 is 0 Å². The van der Waals surface area contributed by atoms with Crippen molar-refractivity contribution in [3.63, 3.8) is 0 Å². The number of oxazole rings is 1. The minimum Gasteiger partial charge on any atom is -0.441 e. The Morgan fingerprint density at radius 2 is 2.00 bits per heavy atom. The molecule has 3 rings (SSSR count). The second kappa shape index (κ2) is 12.4. The highest BCUT2D eigenvalue weighted by atomic mass is 35.5. The van der Waals surface area contributed by atoms with Crippen molar-refractivity contribution in [2.45, 2.75) is 26.2 Å². The van der Waals surface area contributed by atoms with E-state index in [1.54, 1.807) is 48.7 Å². The van der Waals surface area contributed by atoms with Crippen LogP contribution in [-0.4, -0.2) is 36.6 Å². The number of halogens is 2. The number of ether oxygens (including phenoxy) is 1. The van der Waals surface area contributed by atoms with Crippen LogP contribution in [0.15, 0.2) is 53.1 Å². The SMILES string of the molecule is CCOCCCNC(=O)c1cccc(NC(=O)CCc2ncc(-c3ccc(Cl)cc3Cl)o2)c1. The normalized spacial score (nSPS) is 10.8. The first kappa shape index (κ1) is 24.8. The van der Waals surface area contributed by atoms with Crippen molar-refractivity contribution >= 4 is 40.7 Å². The maximum absolute atomic E-state index is 12.4. The molecule has 174 valence electrons. The zero-order chi connectivity index (χ0) is 23.6. The Bertz CT molecular complexity index is 1100. The van der Waals surface area contributed by atoms with Gasteiger partial charge in [0, 0.05) is 54.4 Å². The molecule has 2 amide bonds. The van der Waals surface area contributed by atoms with Crippen LogP contribution in [0, 0.1) is 0 Å². The van der Waals surface area contributed by atoms with Crippen LogP contribution in [0.4, 0.5) is 5.69 Å². The molecule has 0 fully saturated rings. The van der Waals surface area contributed by atoms with E-state index in [4.69, 9.17) is 32.4 Å². The number of hydrogen-bond donors (Lipinski definition) is 2. The Morgan fingerprint density at radius 3 is 2.79 bits per heavy atom. The molecular formula is C24H25Cl2N3O4. The highest BCUT2D eigenvalue weighted by Crippen LogP contribution is 2.30. The molecule has 0 bridgehead atoms. The van der Waals surface area contributed by atoms with Crippen molar-refractivity contribution < 1.29 is 18.7 Å². The van der Waals surface area contributed by atoms with Crippen molar-refractivity contribution in [3.05, 3.63) is 70.2 Å². The zero-order valence-corrected chi connectivity index (χ0v) is 19.7. The number of nitrogens with one attached hydrogen (secondary N) is 2. The number of carbonyl (C=O) groups excluding carboxylic acids is 2. The fourth-order valence-electron chi connectivity index (χ4n) is 3.04. The number of aryl methyl sites for hydroxylation is 1. The van der Waals surface area contributed by atoms with Gasteiger partial charge in [-0.1, -0.05) is 29.3 Å². The van der Waals surface area contributed by atoms with Gasteiger partial charge in [0.1, 0.15) is 0 Å². The lowest BCUT2D eigenvalue weighted by atomic mass is 10.2. The van der Waals surface area contributed by atoms with Crippen LogP contribution in [0.1, 0.15) is 36.0 Å². The van der Waals surface area contributed by atoms with E-state index in [0.29, 0.717) is 64.7 Å². The number of nitrogens with zero attached hydrogens (tertiary/aromatic N) is 1. The number of amides is 2. The highest BCUT2D eigenvalue weighted by Gasteiger charge is 2.13. The summed E-state index contributed by atoms with van der Waals surface area (Å²) in [5.41, 5.74) is 1.70. The van der Waals surface area contributed by atoms with Gasteiger partial charge in [-0.25, -0.2) is 4.98 Å². The minimum absolute atomic E-state index is 0.169. The monoisotopic (exact) mass is 489 g/mol. The Balaban J connectivity index is 1.50. The predicted molar refractivity (Wildman–Crippen MR) is 129 cm³/mol. The van der Waals surface area contributed by atoms with E-state index in [9.17, 15) is 9.59 Å². The van der Waals surface area contributed by atoms with E-state index in [1.807, 2.05) is 6.92 Å². The van der Waals surface area contributed by atoms with Crippen molar-refractivity contribution in [2.24, 2.45) is 0 Å². The van der Waals surface area contributed by atoms with Crippen molar-refractivity contribution in [1.29, 1.82) is 0 Å². The van der Waals surface area contributed by atoms with E-state index in [1.165, 1.54) is 0 Å². The molecule has 0 aliphatic heterocycles. The molecule has 0 spiro atoms. The molecule has 0 unspecified atom stereocenters. The molecule has 0 saturated heterocycles. The van der Waals surface area contributed by atoms with E-state index in [2.05, 4.69) is 15.6 Å². The third-order valence-electron chi connectivity index (χ3n) is 4.68. The fraction of sp³-hybridized carbons (Fsp3) is 0.292. The second-order valence-corrected chi connectivity index (χ2v) is 8.02. The van der Waals surface area contributed by atoms with Crippen molar-refractivity contribution in [2.75, 3.05) is 25.1 Å². The molecule has 2 aromatic carbocycles. The van der Waals surface area contributed by atoms with Crippen LogP contribution in [0.5, 0.6) is 0 Å². The second-order valence-electron chi connectivity index (χ2n) is 7.18. The Kier molecular flexibility index (Phi) is 9.30. The average molecular weight is 490 g/mol. The lowest BCUT2D eigenvalue weighted by Crippen LogP contribution is -2.25. The fourth-order valence-corrected chi connectivity index (χ4v) is 3.55. The standard InChI is InChI=1S/C24H25Cl2N3O4/c1-2-32-12-4-11-27-24(31)16-5-3-6-18(13-16)29-22(30)9-10-23-28-15-21(33-23)19-8-7-17(25)14-20(19)26/h3,5-8,13-15H,2,4,9-12H2,1H3,(H,27,31)(H,29,30). The quantitative estimate of drug-likeness (QED) is 0.352.